The molecule has 0 unspecified atom stereocenters. The van der Waals surface area contributed by atoms with Crippen LogP contribution in [0.1, 0.15) is 27.3 Å². The molecule has 288 valence electrons. The van der Waals surface area contributed by atoms with E-state index in [-0.39, 0.29) is 22.8 Å². The first-order chi connectivity index (χ1) is 25.1. The number of nitrogens with zero attached hydrogens (tertiary/aromatic N) is 3. The maximum atomic E-state index is 13.6. The van der Waals surface area contributed by atoms with Crippen molar-refractivity contribution < 1.29 is 67.3 Å². The molecule has 2 fully saturated rings. The van der Waals surface area contributed by atoms with Crippen molar-refractivity contribution in [1.82, 2.24) is 9.88 Å². The Balaban J connectivity index is 0.000000815. The molecule has 2 amide bonds. The monoisotopic (exact) mass is 751 g/mol. The maximum Gasteiger partial charge on any atom is 0.490 e. The number of aliphatic hydroxyl groups is 4. The Hall–Kier alpha value is -5.05. The van der Waals surface area contributed by atoms with Crippen LogP contribution in [0, 0.1) is 0 Å². The number of amides is 2. The minimum absolute atomic E-state index is 0.0246. The molecular weight excluding hydrogens is 711 g/mol. The number of carboxylic acids is 1. The van der Waals surface area contributed by atoms with E-state index in [9.17, 15) is 43.2 Å². The summed E-state index contributed by atoms with van der Waals surface area (Å²) in [5.41, 5.74) is 1.59. The van der Waals surface area contributed by atoms with E-state index < -0.39 is 61.3 Å². The Morgan fingerprint density at radius 3 is 2.23 bits per heavy atom. The van der Waals surface area contributed by atoms with Crippen LogP contribution in [0.3, 0.4) is 0 Å². The predicted octanol–water partition coefficient (Wildman–Crippen LogP) is 1.55. The normalized spacial score (nSPS) is 22.1. The van der Waals surface area contributed by atoms with Gasteiger partial charge in [0.15, 0.2) is 0 Å². The highest BCUT2D eigenvalue weighted by atomic mass is 19.4. The maximum absolute atomic E-state index is 13.6. The molecule has 0 bridgehead atoms. The van der Waals surface area contributed by atoms with Gasteiger partial charge in [-0.15, -0.1) is 0 Å². The lowest BCUT2D eigenvalue weighted by Gasteiger charge is -2.39. The number of alkyl halides is 3. The van der Waals surface area contributed by atoms with Gasteiger partial charge in [0, 0.05) is 30.9 Å². The summed E-state index contributed by atoms with van der Waals surface area (Å²) in [6.45, 7) is 3.09. The Labute approximate surface area is 301 Å². The van der Waals surface area contributed by atoms with Gasteiger partial charge < -0.3 is 60.2 Å². The number of hydrogen-bond acceptors (Lipinski definition) is 13. The number of halogens is 3. The van der Waals surface area contributed by atoms with E-state index in [0.29, 0.717) is 11.3 Å². The van der Waals surface area contributed by atoms with Crippen molar-refractivity contribution in [1.29, 1.82) is 0 Å². The van der Waals surface area contributed by atoms with Gasteiger partial charge >= 0.3 is 12.1 Å². The third kappa shape index (κ3) is 10.7. The van der Waals surface area contributed by atoms with Crippen molar-refractivity contribution in [2.24, 2.45) is 0 Å². The number of anilines is 3. The first-order valence-corrected chi connectivity index (χ1v) is 16.2. The number of para-hydroxylation sites is 1. The standard InChI is InChI=1S/C32H39N5O9.C2HF3O2/c1-36-13-4-14-37(16-15-36)20-9-7-19(8-10-20)30(42)35-26-22(34-31(43)23-12-11-21(44-2)17-33-23)5-3-6-24(26)45-32-29(41)28(40)27(39)25(18-38)46-32;3-2(4,5)1(6)7/h3,5-12,17,25,27-29,32,38-41H,4,13-16,18H2,1-2H3,(H,34,43)(H,35,42);(H,6,7)/t25-,27-,28+,29-,32-;/m1./s1. The average Bonchev–Trinajstić information content (AvgIpc) is 3.37. The summed E-state index contributed by atoms with van der Waals surface area (Å²) in [7, 11) is 3.58. The number of carbonyl (C=O) groups is 3. The summed E-state index contributed by atoms with van der Waals surface area (Å²) in [5, 5.41) is 53.3. The molecule has 16 nitrogen and oxygen atoms in total. The number of aromatic nitrogens is 1. The molecule has 2 aliphatic rings. The zero-order valence-electron chi connectivity index (χ0n) is 28.6. The number of aliphatic carboxylic acids is 1. The summed E-state index contributed by atoms with van der Waals surface area (Å²) in [6, 6.07) is 14.8. The Morgan fingerprint density at radius 2 is 1.62 bits per heavy atom. The van der Waals surface area contributed by atoms with Gasteiger partial charge in [0.25, 0.3) is 11.8 Å². The van der Waals surface area contributed by atoms with E-state index >= 15 is 0 Å². The highest BCUT2D eigenvalue weighted by Gasteiger charge is 2.45. The molecule has 53 heavy (non-hydrogen) atoms. The number of benzene rings is 2. The zero-order chi connectivity index (χ0) is 38.9. The third-order valence-electron chi connectivity index (χ3n) is 8.27. The van der Waals surface area contributed by atoms with Crippen molar-refractivity contribution in [3.63, 3.8) is 0 Å². The van der Waals surface area contributed by atoms with Crippen LogP contribution >= 0.6 is 0 Å². The smallest absolute Gasteiger partial charge is 0.490 e. The first-order valence-electron chi connectivity index (χ1n) is 16.2. The minimum Gasteiger partial charge on any atom is -0.495 e. The summed E-state index contributed by atoms with van der Waals surface area (Å²) >= 11 is 0. The largest absolute Gasteiger partial charge is 0.495 e. The molecule has 2 aliphatic heterocycles. The lowest BCUT2D eigenvalue weighted by atomic mass is 9.99. The van der Waals surface area contributed by atoms with E-state index in [1.807, 2.05) is 12.1 Å². The van der Waals surface area contributed by atoms with E-state index in [1.165, 1.54) is 31.5 Å². The first kappa shape index (κ1) is 40.7. The average molecular weight is 752 g/mol. The van der Waals surface area contributed by atoms with Crippen LogP contribution in [0.5, 0.6) is 11.5 Å². The minimum atomic E-state index is -5.08. The fourth-order valence-electron chi connectivity index (χ4n) is 5.29. The number of nitrogens with one attached hydrogen (secondary N) is 2. The van der Waals surface area contributed by atoms with E-state index in [0.717, 1.165) is 38.3 Å². The molecule has 0 saturated carbocycles. The van der Waals surface area contributed by atoms with Crippen LogP contribution in [-0.4, -0.2) is 137 Å². The second kappa shape index (κ2) is 18.1. The van der Waals surface area contributed by atoms with Gasteiger partial charge in [-0.3, -0.25) is 9.59 Å². The van der Waals surface area contributed by atoms with Gasteiger partial charge in [-0.05, 0) is 68.5 Å². The highest BCUT2D eigenvalue weighted by molar-refractivity contribution is 6.10. The van der Waals surface area contributed by atoms with Gasteiger partial charge in [-0.2, -0.15) is 13.2 Å². The number of likely N-dealkylation sites (N-methyl/N-ethyl adjacent to an activating group) is 1. The van der Waals surface area contributed by atoms with E-state index in [2.05, 4.69) is 32.5 Å². The van der Waals surface area contributed by atoms with Crippen LogP contribution in [-0.2, 0) is 9.53 Å². The molecule has 0 radical (unpaired) electrons. The number of aliphatic hydroxyl groups excluding tert-OH is 4. The summed E-state index contributed by atoms with van der Waals surface area (Å²) in [4.78, 5) is 44.3. The topological polar surface area (TPSA) is 223 Å². The number of rotatable bonds is 9. The van der Waals surface area contributed by atoms with Crippen LogP contribution in [0.4, 0.5) is 30.2 Å². The Bertz CT molecular complexity index is 1700. The van der Waals surface area contributed by atoms with Crippen LogP contribution in [0.25, 0.3) is 0 Å². The summed E-state index contributed by atoms with van der Waals surface area (Å²) in [5.74, 6) is -3.41. The van der Waals surface area contributed by atoms with E-state index in [4.69, 9.17) is 24.1 Å². The van der Waals surface area contributed by atoms with Crippen molar-refractivity contribution in [2.75, 3.05) is 62.5 Å². The van der Waals surface area contributed by atoms with Crippen molar-refractivity contribution in [3.05, 3.63) is 72.1 Å². The third-order valence-corrected chi connectivity index (χ3v) is 8.27. The van der Waals surface area contributed by atoms with Gasteiger partial charge in [-0.1, -0.05) is 6.07 Å². The quantitative estimate of drug-likeness (QED) is 0.165. The lowest BCUT2D eigenvalue weighted by Crippen LogP contribution is -2.60. The van der Waals surface area contributed by atoms with Crippen molar-refractivity contribution in [3.8, 4) is 11.5 Å². The second-order valence-corrected chi connectivity index (χ2v) is 12.0. The van der Waals surface area contributed by atoms with Gasteiger partial charge in [0.2, 0.25) is 6.29 Å². The highest BCUT2D eigenvalue weighted by Crippen LogP contribution is 2.36. The predicted molar refractivity (Wildman–Crippen MR) is 182 cm³/mol. The molecule has 5 rings (SSSR count). The molecule has 1 aromatic heterocycles. The van der Waals surface area contributed by atoms with Gasteiger partial charge in [-0.25, -0.2) is 9.78 Å². The Morgan fingerprint density at radius 1 is 0.925 bits per heavy atom. The number of methoxy groups -OCH3 is 1. The van der Waals surface area contributed by atoms with Crippen LogP contribution in [0.2, 0.25) is 0 Å². The van der Waals surface area contributed by atoms with Gasteiger partial charge in [0.1, 0.15) is 47.3 Å². The number of carbonyl (C=O) groups excluding carboxylic acids is 2. The SMILES string of the molecule is COc1ccc(C(=O)Nc2cccc(O[C@@H]3O[C@H](CO)[C@@H](O)[C@H](O)[C@H]3O)c2NC(=O)c2ccc(N3CCCN(C)CC3)cc2)nc1.O=C(O)C(F)(F)F. The number of hydrogen-bond donors (Lipinski definition) is 7. The van der Waals surface area contributed by atoms with Crippen molar-refractivity contribution >= 4 is 34.8 Å². The lowest BCUT2D eigenvalue weighted by molar-refractivity contribution is -0.277. The number of carboxylic acid groups (broad SMARTS) is 1. The Kier molecular flexibility index (Phi) is 13.9. The summed E-state index contributed by atoms with van der Waals surface area (Å²) < 4.78 is 48.3. The fraction of sp³-hybridized carbons (Fsp3) is 0.412. The molecule has 0 aliphatic carbocycles. The number of ether oxygens (including phenoxy) is 3. The molecule has 7 N–H and O–H groups in total. The van der Waals surface area contributed by atoms with Crippen LogP contribution < -0.4 is 25.0 Å². The molecule has 19 heteroatoms. The number of pyridine rings is 1. The van der Waals surface area contributed by atoms with Crippen molar-refractivity contribution in [2.45, 2.75) is 43.3 Å². The summed E-state index contributed by atoms with van der Waals surface area (Å²) in [6.07, 6.45) is -10.4. The molecule has 2 saturated heterocycles. The molecule has 0 spiro atoms. The van der Waals surface area contributed by atoms with Gasteiger partial charge in [0.05, 0.1) is 25.6 Å². The second-order valence-electron chi connectivity index (χ2n) is 12.0. The fourth-order valence-corrected chi connectivity index (χ4v) is 5.29. The van der Waals surface area contributed by atoms with E-state index in [1.54, 1.807) is 24.3 Å². The molecule has 3 heterocycles. The molecule has 3 aromatic rings. The molecular formula is C34H40F3N5O11. The molecule has 5 atom stereocenters. The van der Waals surface area contributed by atoms with Crippen LogP contribution in [0.15, 0.2) is 60.8 Å². The zero-order valence-corrected chi connectivity index (χ0v) is 28.6. The molecule has 2 aromatic carbocycles.